The molecule has 90 valence electrons. The maximum Gasteiger partial charge on any atom is 0.0693 e. The molecular weight excluding hydrogens is 302 g/mol. The lowest BCUT2D eigenvalue weighted by molar-refractivity contribution is 0.615. The number of nitrogens with two attached hydrogens (primary N) is 1. The van der Waals surface area contributed by atoms with Gasteiger partial charge in [-0.3, -0.25) is 4.68 Å². The van der Waals surface area contributed by atoms with Crippen molar-refractivity contribution in [3.63, 3.8) is 0 Å². The Bertz CT molecular complexity index is 487. The van der Waals surface area contributed by atoms with Gasteiger partial charge in [-0.15, -0.1) is 0 Å². The Kier molecular flexibility index (Phi) is 3.86. The molecule has 0 saturated carbocycles. The summed E-state index contributed by atoms with van der Waals surface area (Å²) < 4.78 is 2.74. The van der Waals surface area contributed by atoms with Crippen molar-refractivity contribution < 1.29 is 0 Å². The second-order valence-corrected chi connectivity index (χ2v) is 5.23. The van der Waals surface area contributed by atoms with Crippen molar-refractivity contribution in [2.45, 2.75) is 12.5 Å². The van der Waals surface area contributed by atoms with Gasteiger partial charge in [0.2, 0.25) is 0 Å². The molecule has 1 aromatic heterocycles. The average molecular weight is 315 g/mol. The highest BCUT2D eigenvalue weighted by atomic mass is 79.9. The van der Waals surface area contributed by atoms with Gasteiger partial charge in [-0.1, -0.05) is 23.7 Å². The fourth-order valence-electron chi connectivity index (χ4n) is 1.81. The Morgan fingerprint density at radius 1 is 1.41 bits per heavy atom. The van der Waals surface area contributed by atoms with Crippen LogP contribution in [0, 0.1) is 0 Å². The van der Waals surface area contributed by atoms with Crippen LogP contribution in [-0.2, 0) is 13.5 Å². The van der Waals surface area contributed by atoms with Crippen LogP contribution in [0.25, 0.3) is 0 Å². The van der Waals surface area contributed by atoms with Gasteiger partial charge in [0.1, 0.15) is 0 Å². The molecule has 0 bridgehead atoms. The fraction of sp³-hybridized carbons (Fsp3) is 0.250. The van der Waals surface area contributed by atoms with Gasteiger partial charge in [0.25, 0.3) is 0 Å². The predicted octanol–water partition coefficient (Wildman–Crippen LogP) is 3.08. The molecule has 17 heavy (non-hydrogen) atoms. The molecule has 0 spiro atoms. The Labute approximate surface area is 114 Å². The van der Waals surface area contributed by atoms with Crippen molar-refractivity contribution in [1.29, 1.82) is 0 Å². The van der Waals surface area contributed by atoms with E-state index in [1.807, 2.05) is 31.3 Å². The third kappa shape index (κ3) is 2.89. The Morgan fingerprint density at radius 3 is 2.59 bits per heavy atom. The van der Waals surface area contributed by atoms with Crippen molar-refractivity contribution in [2.75, 3.05) is 0 Å². The van der Waals surface area contributed by atoms with E-state index in [9.17, 15) is 0 Å². The minimum atomic E-state index is -0.0851. The summed E-state index contributed by atoms with van der Waals surface area (Å²) in [7, 11) is 1.89. The monoisotopic (exact) mass is 313 g/mol. The zero-order valence-corrected chi connectivity index (χ0v) is 11.7. The SMILES string of the molecule is Cn1ncc(Br)c1C(N)Cc1ccc(Cl)cc1. The zero-order valence-electron chi connectivity index (χ0n) is 9.40. The third-order valence-corrected chi connectivity index (χ3v) is 3.52. The van der Waals surface area contributed by atoms with Gasteiger partial charge in [0, 0.05) is 12.1 Å². The lowest BCUT2D eigenvalue weighted by atomic mass is 10.0. The van der Waals surface area contributed by atoms with Crippen LogP contribution in [0.3, 0.4) is 0 Å². The molecule has 1 atom stereocenters. The number of halogens is 2. The lowest BCUT2D eigenvalue weighted by Crippen LogP contribution is -2.17. The van der Waals surface area contributed by atoms with E-state index < -0.39 is 0 Å². The normalized spacial score (nSPS) is 12.7. The summed E-state index contributed by atoms with van der Waals surface area (Å²) in [6.07, 6.45) is 2.52. The van der Waals surface area contributed by atoms with Crippen molar-refractivity contribution in [3.05, 3.63) is 51.2 Å². The average Bonchev–Trinajstić information content (AvgIpc) is 2.62. The molecule has 2 rings (SSSR count). The Hall–Kier alpha value is -0.840. The van der Waals surface area contributed by atoms with Gasteiger partial charge in [0.15, 0.2) is 0 Å². The molecule has 3 nitrogen and oxygen atoms in total. The molecule has 0 saturated heterocycles. The lowest BCUT2D eigenvalue weighted by Gasteiger charge is -2.13. The molecule has 1 aromatic carbocycles. The molecule has 0 aliphatic heterocycles. The quantitative estimate of drug-likeness (QED) is 0.946. The second-order valence-electron chi connectivity index (χ2n) is 3.94. The molecule has 2 aromatic rings. The van der Waals surface area contributed by atoms with Crippen LogP contribution in [-0.4, -0.2) is 9.78 Å². The maximum atomic E-state index is 6.19. The van der Waals surface area contributed by atoms with E-state index in [1.165, 1.54) is 0 Å². The molecule has 5 heteroatoms. The van der Waals surface area contributed by atoms with Crippen LogP contribution in [0.2, 0.25) is 5.02 Å². The first-order valence-electron chi connectivity index (χ1n) is 5.25. The minimum absolute atomic E-state index is 0.0851. The van der Waals surface area contributed by atoms with E-state index in [-0.39, 0.29) is 6.04 Å². The highest BCUT2D eigenvalue weighted by Crippen LogP contribution is 2.24. The zero-order chi connectivity index (χ0) is 12.4. The molecule has 0 radical (unpaired) electrons. The van der Waals surface area contributed by atoms with Gasteiger partial charge in [-0.05, 0) is 40.0 Å². The van der Waals surface area contributed by atoms with Crippen molar-refractivity contribution in [2.24, 2.45) is 12.8 Å². The number of nitrogens with zero attached hydrogens (tertiary/aromatic N) is 2. The van der Waals surface area contributed by atoms with Crippen LogP contribution < -0.4 is 5.73 Å². The summed E-state index contributed by atoms with van der Waals surface area (Å²) in [6.45, 7) is 0. The van der Waals surface area contributed by atoms with Crippen molar-refractivity contribution >= 4 is 27.5 Å². The Balaban J connectivity index is 2.17. The number of hydrogen-bond acceptors (Lipinski definition) is 2. The maximum absolute atomic E-state index is 6.19. The summed E-state index contributed by atoms with van der Waals surface area (Å²) in [4.78, 5) is 0. The molecular formula is C12H13BrClN3. The number of aryl methyl sites for hydroxylation is 1. The molecule has 0 aliphatic carbocycles. The van der Waals surface area contributed by atoms with Gasteiger partial charge in [0.05, 0.1) is 22.4 Å². The largest absolute Gasteiger partial charge is 0.322 e. The van der Waals surface area contributed by atoms with Gasteiger partial charge in [-0.2, -0.15) is 5.10 Å². The molecule has 1 heterocycles. The third-order valence-electron chi connectivity index (χ3n) is 2.66. The first-order chi connectivity index (χ1) is 8.08. The predicted molar refractivity (Wildman–Crippen MR) is 73.0 cm³/mol. The van der Waals surface area contributed by atoms with Crippen LogP contribution in [0.1, 0.15) is 17.3 Å². The van der Waals surface area contributed by atoms with E-state index in [1.54, 1.807) is 10.9 Å². The number of benzene rings is 1. The molecule has 0 aliphatic rings. The Morgan fingerprint density at radius 2 is 2.06 bits per heavy atom. The highest BCUT2D eigenvalue weighted by molar-refractivity contribution is 9.10. The van der Waals surface area contributed by atoms with E-state index in [0.717, 1.165) is 27.2 Å². The summed E-state index contributed by atoms with van der Waals surface area (Å²) in [5.41, 5.74) is 8.35. The van der Waals surface area contributed by atoms with E-state index in [2.05, 4.69) is 21.0 Å². The first kappa shape index (κ1) is 12.6. The summed E-state index contributed by atoms with van der Waals surface area (Å²) in [5, 5.41) is 4.90. The highest BCUT2D eigenvalue weighted by Gasteiger charge is 2.15. The summed E-state index contributed by atoms with van der Waals surface area (Å²) in [5.74, 6) is 0. The standard InChI is InChI=1S/C12H13BrClN3/c1-17-12(10(13)7-16-17)11(15)6-8-2-4-9(14)5-3-8/h2-5,7,11H,6,15H2,1H3. The van der Waals surface area contributed by atoms with Crippen LogP contribution in [0.15, 0.2) is 34.9 Å². The van der Waals surface area contributed by atoms with E-state index in [4.69, 9.17) is 17.3 Å². The molecule has 2 N–H and O–H groups in total. The summed E-state index contributed by atoms with van der Waals surface area (Å²) in [6, 6.07) is 7.65. The van der Waals surface area contributed by atoms with Gasteiger partial charge >= 0.3 is 0 Å². The van der Waals surface area contributed by atoms with Crippen LogP contribution >= 0.6 is 27.5 Å². The minimum Gasteiger partial charge on any atom is -0.322 e. The number of hydrogen-bond donors (Lipinski definition) is 1. The number of rotatable bonds is 3. The van der Waals surface area contributed by atoms with E-state index >= 15 is 0 Å². The summed E-state index contributed by atoms with van der Waals surface area (Å²) >= 11 is 9.30. The van der Waals surface area contributed by atoms with E-state index in [0.29, 0.717) is 0 Å². The van der Waals surface area contributed by atoms with Crippen molar-refractivity contribution in [3.8, 4) is 0 Å². The van der Waals surface area contributed by atoms with Gasteiger partial charge in [-0.25, -0.2) is 0 Å². The first-order valence-corrected chi connectivity index (χ1v) is 6.42. The van der Waals surface area contributed by atoms with Crippen molar-refractivity contribution in [1.82, 2.24) is 9.78 Å². The molecule has 0 fully saturated rings. The van der Waals surface area contributed by atoms with Gasteiger partial charge < -0.3 is 5.73 Å². The number of aromatic nitrogens is 2. The smallest absolute Gasteiger partial charge is 0.0693 e. The molecule has 1 unspecified atom stereocenters. The topological polar surface area (TPSA) is 43.8 Å². The second kappa shape index (κ2) is 5.21. The molecule has 0 amide bonds. The fourth-order valence-corrected chi connectivity index (χ4v) is 2.58. The van der Waals surface area contributed by atoms with Crippen LogP contribution in [0.5, 0.6) is 0 Å². The van der Waals surface area contributed by atoms with Crippen LogP contribution in [0.4, 0.5) is 0 Å².